The third kappa shape index (κ3) is 5.25. The molecule has 30 heavy (non-hydrogen) atoms. The molecule has 2 aromatic heterocycles. The second-order valence-corrected chi connectivity index (χ2v) is 8.49. The zero-order valence-corrected chi connectivity index (χ0v) is 17.8. The van der Waals surface area contributed by atoms with Crippen molar-refractivity contribution in [2.45, 2.75) is 51.5 Å². The monoisotopic (exact) mass is 404 g/mol. The van der Waals surface area contributed by atoms with Crippen LogP contribution in [0.4, 0.5) is 11.6 Å². The summed E-state index contributed by atoms with van der Waals surface area (Å²) < 4.78 is 0. The van der Waals surface area contributed by atoms with Crippen molar-refractivity contribution in [3.63, 3.8) is 0 Å². The van der Waals surface area contributed by atoms with E-state index in [1.807, 2.05) is 24.5 Å². The molecule has 6 heteroatoms. The molecule has 6 nitrogen and oxygen atoms in total. The number of hydrogen-bond donors (Lipinski definition) is 3. The molecule has 1 aliphatic carbocycles. The van der Waals surface area contributed by atoms with Crippen molar-refractivity contribution < 1.29 is 0 Å². The van der Waals surface area contributed by atoms with Gasteiger partial charge in [0.25, 0.3) is 0 Å². The van der Waals surface area contributed by atoms with Gasteiger partial charge in [-0.15, -0.1) is 0 Å². The van der Waals surface area contributed by atoms with Gasteiger partial charge in [-0.1, -0.05) is 25.5 Å². The van der Waals surface area contributed by atoms with E-state index in [0.717, 1.165) is 28.2 Å². The number of hydrogen-bond acceptors (Lipinski definition) is 6. The number of rotatable bonds is 4. The van der Waals surface area contributed by atoms with Gasteiger partial charge in [0.2, 0.25) is 0 Å². The van der Waals surface area contributed by atoms with E-state index in [1.54, 1.807) is 6.20 Å². The van der Waals surface area contributed by atoms with E-state index in [9.17, 15) is 0 Å². The van der Waals surface area contributed by atoms with Gasteiger partial charge < -0.3 is 16.4 Å². The van der Waals surface area contributed by atoms with E-state index < -0.39 is 0 Å². The number of anilines is 2. The third-order valence-corrected chi connectivity index (χ3v) is 6.16. The molecule has 0 amide bonds. The molecule has 0 unspecified atom stereocenters. The molecule has 2 aliphatic rings. The summed E-state index contributed by atoms with van der Waals surface area (Å²) in [4.78, 5) is 13.1. The molecule has 5 rings (SSSR count). The summed E-state index contributed by atoms with van der Waals surface area (Å²) >= 11 is 0. The maximum Gasteiger partial charge on any atom is 0.144 e. The van der Waals surface area contributed by atoms with Crippen LogP contribution in [0.3, 0.4) is 0 Å². The van der Waals surface area contributed by atoms with Gasteiger partial charge in [0.15, 0.2) is 0 Å². The number of nitrogen functional groups attached to an aromatic ring is 1. The average Bonchev–Trinajstić information content (AvgIpc) is 2.73. The minimum atomic E-state index is 0.569. The number of pyridine rings is 1. The number of piperidine rings is 1. The lowest BCUT2D eigenvalue weighted by Gasteiger charge is -2.24. The Labute approximate surface area is 178 Å². The Balaban J connectivity index is 0.000000265. The first kappa shape index (κ1) is 20.5. The standard InChI is InChI=1S/C18H19N5.C6H13N/c19-18-15-5-4-12(8-14(15)6-7-20-18)9-22-17-11-21-16(10-23-17)13-2-1-3-13;1-6-2-4-7-5-3-6/h4-8,10-11,13H,1-3,9H2,(H2,19,20)(H,22,23);6-7H,2-5H2,1H3. The molecule has 0 radical (unpaired) electrons. The molecule has 0 atom stereocenters. The number of benzene rings is 1. The zero-order valence-electron chi connectivity index (χ0n) is 17.8. The molecule has 0 bridgehead atoms. The minimum Gasteiger partial charge on any atom is -0.383 e. The fourth-order valence-corrected chi connectivity index (χ4v) is 3.86. The van der Waals surface area contributed by atoms with Crippen LogP contribution in [0.25, 0.3) is 10.8 Å². The van der Waals surface area contributed by atoms with Crippen LogP contribution >= 0.6 is 0 Å². The fourth-order valence-electron chi connectivity index (χ4n) is 3.86. The fraction of sp³-hybridized carbons (Fsp3) is 0.458. The van der Waals surface area contributed by atoms with Crippen LogP contribution in [0.2, 0.25) is 0 Å². The summed E-state index contributed by atoms with van der Waals surface area (Å²) in [5, 5.41) is 8.72. The first-order valence-corrected chi connectivity index (χ1v) is 11.1. The average molecular weight is 405 g/mol. The Kier molecular flexibility index (Phi) is 6.74. The Morgan fingerprint density at radius 1 is 1.03 bits per heavy atom. The Morgan fingerprint density at radius 3 is 2.50 bits per heavy atom. The van der Waals surface area contributed by atoms with E-state index in [2.05, 4.69) is 44.6 Å². The van der Waals surface area contributed by atoms with Gasteiger partial charge in [0.05, 0.1) is 18.1 Å². The molecule has 0 spiro atoms. The number of nitrogens with one attached hydrogen (secondary N) is 2. The molecule has 2 fully saturated rings. The van der Waals surface area contributed by atoms with Gasteiger partial charge in [0, 0.05) is 24.0 Å². The van der Waals surface area contributed by atoms with E-state index in [1.165, 1.54) is 50.8 Å². The topological polar surface area (TPSA) is 88.8 Å². The Bertz CT molecular complexity index is 946. The van der Waals surface area contributed by atoms with Gasteiger partial charge in [-0.3, -0.25) is 4.98 Å². The molecule has 158 valence electrons. The smallest absolute Gasteiger partial charge is 0.144 e. The molecular weight excluding hydrogens is 372 g/mol. The summed E-state index contributed by atoms with van der Waals surface area (Å²) in [7, 11) is 0. The van der Waals surface area contributed by atoms with Gasteiger partial charge >= 0.3 is 0 Å². The molecular formula is C24H32N6. The predicted octanol–water partition coefficient (Wildman–Crippen LogP) is 4.49. The van der Waals surface area contributed by atoms with Crippen molar-refractivity contribution in [3.05, 3.63) is 54.1 Å². The van der Waals surface area contributed by atoms with Gasteiger partial charge in [-0.2, -0.15) is 0 Å². The maximum atomic E-state index is 5.88. The van der Waals surface area contributed by atoms with E-state index in [0.29, 0.717) is 18.3 Å². The predicted molar refractivity (Wildman–Crippen MR) is 123 cm³/mol. The number of nitrogens with two attached hydrogens (primary N) is 1. The highest BCUT2D eigenvalue weighted by Crippen LogP contribution is 2.34. The second-order valence-electron chi connectivity index (χ2n) is 8.49. The van der Waals surface area contributed by atoms with E-state index >= 15 is 0 Å². The first-order chi connectivity index (χ1) is 14.7. The molecule has 4 N–H and O–H groups in total. The molecule has 1 saturated heterocycles. The van der Waals surface area contributed by atoms with Gasteiger partial charge in [-0.25, -0.2) is 9.97 Å². The van der Waals surface area contributed by atoms with Crippen molar-refractivity contribution >= 4 is 22.4 Å². The second kappa shape index (κ2) is 9.85. The quantitative estimate of drug-likeness (QED) is 0.594. The van der Waals surface area contributed by atoms with Crippen molar-refractivity contribution in [1.82, 2.24) is 20.3 Å². The zero-order chi connectivity index (χ0) is 20.8. The highest BCUT2D eigenvalue weighted by atomic mass is 15.0. The van der Waals surface area contributed by atoms with Crippen molar-refractivity contribution in [2.75, 3.05) is 24.1 Å². The molecule has 3 heterocycles. The van der Waals surface area contributed by atoms with Crippen LogP contribution in [-0.4, -0.2) is 28.0 Å². The summed E-state index contributed by atoms with van der Waals surface area (Å²) in [6.45, 7) is 5.50. The number of nitrogens with zero attached hydrogens (tertiary/aromatic N) is 3. The van der Waals surface area contributed by atoms with Crippen LogP contribution in [0.5, 0.6) is 0 Å². The lowest BCUT2D eigenvalue weighted by molar-refractivity contribution is 0.402. The first-order valence-electron chi connectivity index (χ1n) is 11.1. The Hall–Kier alpha value is -2.73. The molecule has 1 aromatic carbocycles. The molecule has 1 aliphatic heterocycles. The Morgan fingerprint density at radius 2 is 1.87 bits per heavy atom. The largest absolute Gasteiger partial charge is 0.383 e. The third-order valence-electron chi connectivity index (χ3n) is 6.16. The number of fused-ring (bicyclic) bond motifs is 1. The van der Waals surface area contributed by atoms with Crippen molar-refractivity contribution in [2.24, 2.45) is 5.92 Å². The van der Waals surface area contributed by atoms with E-state index in [-0.39, 0.29) is 0 Å². The summed E-state index contributed by atoms with van der Waals surface area (Å²) in [6, 6.07) is 8.17. The van der Waals surface area contributed by atoms with Gasteiger partial charge in [0.1, 0.15) is 11.6 Å². The summed E-state index contributed by atoms with van der Waals surface area (Å²) in [6.07, 6.45) is 12.0. The highest BCUT2D eigenvalue weighted by molar-refractivity contribution is 5.91. The van der Waals surface area contributed by atoms with Crippen molar-refractivity contribution in [3.8, 4) is 0 Å². The van der Waals surface area contributed by atoms with Crippen molar-refractivity contribution in [1.29, 1.82) is 0 Å². The van der Waals surface area contributed by atoms with Crippen LogP contribution in [-0.2, 0) is 6.54 Å². The lowest BCUT2D eigenvalue weighted by Crippen LogP contribution is -2.26. The molecule has 3 aromatic rings. The summed E-state index contributed by atoms with van der Waals surface area (Å²) in [5.74, 6) is 2.97. The number of aromatic nitrogens is 3. The minimum absolute atomic E-state index is 0.569. The van der Waals surface area contributed by atoms with Crippen LogP contribution in [0, 0.1) is 5.92 Å². The van der Waals surface area contributed by atoms with Gasteiger partial charge in [-0.05, 0) is 67.8 Å². The SMILES string of the molecule is CC1CCNCC1.Nc1nccc2cc(CNc3cnc(C4CCC4)cn3)ccc12. The highest BCUT2D eigenvalue weighted by Gasteiger charge is 2.20. The lowest BCUT2D eigenvalue weighted by atomic mass is 9.83. The van der Waals surface area contributed by atoms with Crippen LogP contribution in [0.15, 0.2) is 42.9 Å². The summed E-state index contributed by atoms with van der Waals surface area (Å²) in [5.41, 5.74) is 8.18. The maximum absolute atomic E-state index is 5.88. The van der Waals surface area contributed by atoms with Crippen LogP contribution < -0.4 is 16.4 Å². The normalized spacial score (nSPS) is 17.1. The molecule has 1 saturated carbocycles. The van der Waals surface area contributed by atoms with Crippen LogP contribution in [0.1, 0.15) is 56.2 Å². The van der Waals surface area contributed by atoms with E-state index in [4.69, 9.17) is 5.73 Å².